The van der Waals surface area contributed by atoms with Crippen molar-refractivity contribution in [3.05, 3.63) is 46.8 Å². The van der Waals surface area contributed by atoms with Gasteiger partial charge in [0.05, 0.1) is 24.7 Å². The highest BCUT2D eigenvalue weighted by Gasteiger charge is 2.24. The van der Waals surface area contributed by atoms with Crippen molar-refractivity contribution >= 4 is 23.4 Å². The van der Waals surface area contributed by atoms with Crippen LogP contribution >= 0.6 is 12.4 Å². The van der Waals surface area contributed by atoms with Crippen LogP contribution in [-0.4, -0.2) is 46.7 Å². The average Bonchev–Trinajstić information content (AvgIpc) is 3.49. The van der Waals surface area contributed by atoms with Crippen LogP contribution in [0.4, 0.5) is 0 Å². The second-order valence-corrected chi connectivity index (χ2v) is 8.56. The monoisotopic (exact) mass is 444 g/mol. The van der Waals surface area contributed by atoms with Gasteiger partial charge in [0.15, 0.2) is 0 Å². The Morgan fingerprint density at radius 1 is 1.32 bits per heavy atom. The van der Waals surface area contributed by atoms with Crippen LogP contribution in [0.3, 0.4) is 0 Å². The second-order valence-electron chi connectivity index (χ2n) is 8.56. The highest BCUT2D eigenvalue weighted by Crippen LogP contribution is 2.36. The predicted octanol–water partition coefficient (Wildman–Crippen LogP) is 3.20. The lowest BCUT2D eigenvalue weighted by molar-refractivity contribution is 0.155. The first kappa shape index (κ1) is 21.9. The lowest BCUT2D eigenvalue weighted by Gasteiger charge is -2.33. The number of aryl methyl sites for hydroxylation is 1. The molecule has 1 aliphatic carbocycles. The van der Waals surface area contributed by atoms with E-state index in [9.17, 15) is 4.79 Å². The second kappa shape index (κ2) is 9.02. The van der Waals surface area contributed by atoms with Crippen LogP contribution < -0.4 is 15.6 Å². The smallest absolute Gasteiger partial charge is 0.261 e. The number of hydrogen-bond donors (Lipinski definition) is 1. The topological polar surface area (TPSA) is 72.5 Å². The number of halogens is 1. The van der Waals surface area contributed by atoms with Gasteiger partial charge in [0.1, 0.15) is 17.1 Å². The van der Waals surface area contributed by atoms with E-state index in [0.717, 1.165) is 42.3 Å². The first-order valence-electron chi connectivity index (χ1n) is 10.7. The molecule has 166 valence electrons. The predicted molar refractivity (Wildman–Crippen MR) is 123 cm³/mol. The van der Waals surface area contributed by atoms with Crippen LogP contribution in [-0.2, 0) is 13.6 Å². The fraction of sp³-hybridized carbons (Fsp3) is 0.478. The van der Waals surface area contributed by atoms with Crippen molar-refractivity contribution in [3.63, 3.8) is 0 Å². The molecule has 3 aromatic rings. The zero-order chi connectivity index (χ0) is 20.7. The highest BCUT2D eigenvalue weighted by atomic mass is 35.5. The Kier molecular flexibility index (Phi) is 6.36. The summed E-state index contributed by atoms with van der Waals surface area (Å²) < 4.78 is 14.0. The molecule has 2 fully saturated rings. The summed E-state index contributed by atoms with van der Waals surface area (Å²) in [5.74, 6) is 2.20. The summed E-state index contributed by atoms with van der Waals surface area (Å²) in [7, 11) is 1.78. The Morgan fingerprint density at radius 2 is 2.16 bits per heavy atom. The SMILES string of the molecule is C[C@@H]1CNCCN1Cc1cc2c(=O)n(C)cc(-c3ccncc3OCC3CC3)c2o1.Cl. The summed E-state index contributed by atoms with van der Waals surface area (Å²) in [5, 5.41) is 4.02. The molecular weight excluding hydrogens is 416 g/mol. The number of nitrogens with zero attached hydrogens (tertiary/aromatic N) is 3. The van der Waals surface area contributed by atoms with Crippen LogP contribution in [0.1, 0.15) is 25.5 Å². The number of ether oxygens (including phenoxy) is 1. The first-order valence-corrected chi connectivity index (χ1v) is 10.7. The van der Waals surface area contributed by atoms with Crippen molar-refractivity contribution < 1.29 is 9.15 Å². The van der Waals surface area contributed by atoms with Crippen molar-refractivity contribution in [1.29, 1.82) is 0 Å². The van der Waals surface area contributed by atoms with E-state index < -0.39 is 0 Å². The molecule has 7 nitrogen and oxygen atoms in total. The number of nitrogens with one attached hydrogen (secondary N) is 1. The molecule has 31 heavy (non-hydrogen) atoms. The fourth-order valence-corrected chi connectivity index (χ4v) is 4.10. The number of fused-ring (bicyclic) bond motifs is 1. The molecule has 0 unspecified atom stereocenters. The minimum Gasteiger partial charge on any atom is -0.491 e. The van der Waals surface area contributed by atoms with E-state index in [1.807, 2.05) is 18.3 Å². The first-order chi connectivity index (χ1) is 14.6. The highest BCUT2D eigenvalue weighted by molar-refractivity contribution is 5.93. The molecule has 1 atom stereocenters. The van der Waals surface area contributed by atoms with E-state index in [1.165, 1.54) is 12.8 Å². The summed E-state index contributed by atoms with van der Waals surface area (Å²) in [4.78, 5) is 19.5. The molecule has 1 saturated heterocycles. The van der Waals surface area contributed by atoms with Crippen LogP contribution in [0.2, 0.25) is 0 Å². The molecule has 1 N–H and O–H groups in total. The summed E-state index contributed by atoms with van der Waals surface area (Å²) in [6.07, 6.45) is 7.80. The van der Waals surface area contributed by atoms with Crippen LogP contribution in [0.25, 0.3) is 22.1 Å². The van der Waals surface area contributed by atoms with E-state index in [4.69, 9.17) is 9.15 Å². The molecule has 8 heteroatoms. The quantitative estimate of drug-likeness (QED) is 0.629. The van der Waals surface area contributed by atoms with Gasteiger partial charge in [-0.15, -0.1) is 12.4 Å². The molecule has 0 radical (unpaired) electrons. The number of piperazine rings is 1. The maximum Gasteiger partial charge on any atom is 0.261 e. The third-order valence-corrected chi connectivity index (χ3v) is 6.15. The van der Waals surface area contributed by atoms with Gasteiger partial charge in [-0.1, -0.05) is 0 Å². The van der Waals surface area contributed by atoms with Crippen LogP contribution in [0, 0.1) is 5.92 Å². The summed E-state index contributed by atoms with van der Waals surface area (Å²) in [5.41, 5.74) is 2.34. The third kappa shape index (κ3) is 4.49. The van der Waals surface area contributed by atoms with Gasteiger partial charge in [-0.3, -0.25) is 14.7 Å². The lowest BCUT2D eigenvalue weighted by atomic mass is 10.1. The molecule has 3 aromatic heterocycles. The number of furan rings is 1. The molecule has 0 aromatic carbocycles. The van der Waals surface area contributed by atoms with Crippen molar-refractivity contribution in [3.8, 4) is 16.9 Å². The molecule has 0 amide bonds. The Hall–Kier alpha value is -2.35. The number of pyridine rings is 2. The van der Waals surface area contributed by atoms with E-state index in [1.54, 1.807) is 24.0 Å². The van der Waals surface area contributed by atoms with Crippen LogP contribution in [0.5, 0.6) is 5.75 Å². The van der Waals surface area contributed by atoms with Gasteiger partial charge in [0, 0.05) is 56.2 Å². The van der Waals surface area contributed by atoms with Crippen LogP contribution in [0.15, 0.2) is 39.9 Å². The minimum absolute atomic E-state index is 0. The van der Waals surface area contributed by atoms with Gasteiger partial charge < -0.3 is 19.0 Å². The number of hydrogen-bond acceptors (Lipinski definition) is 6. The summed E-state index contributed by atoms with van der Waals surface area (Å²) in [6, 6.07) is 4.26. The van der Waals surface area contributed by atoms with E-state index >= 15 is 0 Å². The zero-order valence-corrected chi connectivity index (χ0v) is 18.8. The van der Waals surface area contributed by atoms with Crippen molar-refractivity contribution in [1.82, 2.24) is 19.8 Å². The fourth-order valence-electron chi connectivity index (χ4n) is 4.10. The lowest BCUT2D eigenvalue weighted by Crippen LogP contribution is -2.49. The van der Waals surface area contributed by atoms with Gasteiger partial charge in [0.2, 0.25) is 0 Å². The van der Waals surface area contributed by atoms with E-state index in [-0.39, 0.29) is 18.0 Å². The molecule has 0 spiro atoms. The molecule has 2 aliphatic rings. The molecule has 0 bridgehead atoms. The summed E-state index contributed by atoms with van der Waals surface area (Å²) >= 11 is 0. The Labute approximate surface area is 187 Å². The molecular formula is C23H29ClN4O3. The standard InChI is InChI=1S/C23H28N4O3.ClH/c1-15-10-25-7-8-27(15)12-17-9-19-22(30-17)20(13-26(2)23(19)28)18-5-6-24-11-21(18)29-14-16-3-4-16;/h5-6,9,11,13,15-16,25H,3-4,7-8,10,12,14H2,1-2H3;1H/t15-;/m1./s1. The molecule has 1 saturated carbocycles. The van der Waals surface area contributed by atoms with Gasteiger partial charge in [-0.2, -0.15) is 0 Å². The van der Waals surface area contributed by atoms with Gasteiger partial charge >= 0.3 is 0 Å². The third-order valence-electron chi connectivity index (χ3n) is 6.15. The zero-order valence-electron chi connectivity index (χ0n) is 18.0. The molecule has 4 heterocycles. The molecule has 5 rings (SSSR count). The minimum atomic E-state index is -0.0494. The average molecular weight is 445 g/mol. The van der Waals surface area contributed by atoms with Crippen molar-refractivity contribution in [2.45, 2.75) is 32.4 Å². The Morgan fingerprint density at radius 3 is 2.94 bits per heavy atom. The Bertz CT molecular complexity index is 1120. The Balaban J connectivity index is 0.00000231. The van der Waals surface area contributed by atoms with E-state index in [2.05, 4.69) is 22.1 Å². The number of aromatic nitrogens is 2. The van der Waals surface area contributed by atoms with Gasteiger partial charge in [0.25, 0.3) is 5.56 Å². The maximum absolute atomic E-state index is 12.8. The van der Waals surface area contributed by atoms with Gasteiger partial charge in [-0.25, -0.2) is 0 Å². The normalized spacial score (nSPS) is 19.4. The van der Waals surface area contributed by atoms with Gasteiger partial charge in [-0.05, 0) is 37.8 Å². The number of rotatable bonds is 6. The maximum atomic E-state index is 12.8. The van der Waals surface area contributed by atoms with Crippen molar-refractivity contribution in [2.24, 2.45) is 13.0 Å². The summed E-state index contributed by atoms with van der Waals surface area (Å²) in [6.45, 7) is 6.51. The molecule has 1 aliphatic heterocycles. The largest absolute Gasteiger partial charge is 0.491 e. The van der Waals surface area contributed by atoms with Crippen molar-refractivity contribution in [2.75, 3.05) is 26.2 Å². The van der Waals surface area contributed by atoms with E-state index in [0.29, 0.717) is 36.1 Å².